The first kappa shape index (κ1) is 20.6. The molecule has 1 fully saturated rings. The maximum Gasteiger partial charge on any atom is 0.409 e. The molecule has 0 aliphatic carbocycles. The largest absolute Gasteiger partial charge is 0.450 e. The third-order valence-electron chi connectivity index (χ3n) is 5.10. The van der Waals surface area contributed by atoms with E-state index in [-0.39, 0.29) is 18.0 Å². The van der Waals surface area contributed by atoms with Gasteiger partial charge < -0.3 is 20.3 Å². The van der Waals surface area contributed by atoms with E-state index in [9.17, 15) is 9.59 Å². The predicted octanol–water partition coefficient (Wildman–Crippen LogP) is 3.35. The SMILES string of the molecule is CCOC(=O)N1CCC(Nc2ccc(C(=O)NCc3ccccc3C)cn2)CC1. The maximum atomic E-state index is 12.4. The molecule has 2 N–H and O–H groups in total. The Balaban J connectivity index is 1.47. The lowest BCUT2D eigenvalue weighted by Gasteiger charge is -2.31. The average Bonchev–Trinajstić information content (AvgIpc) is 2.74. The van der Waals surface area contributed by atoms with E-state index in [4.69, 9.17) is 4.74 Å². The van der Waals surface area contributed by atoms with Crippen molar-refractivity contribution in [2.75, 3.05) is 25.0 Å². The van der Waals surface area contributed by atoms with E-state index in [2.05, 4.69) is 15.6 Å². The van der Waals surface area contributed by atoms with Crippen molar-refractivity contribution in [2.45, 2.75) is 39.3 Å². The summed E-state index contributed by atoms with van der Waals surface area (Å²) in [7, 11) is 0. The topological polar surface area (TPSA) is 83.6 Å². The molecule has 1 saturated heterocycles. The number of benzene rings is 1. The second-order valence-electron chi connectivity index (χ2n) is 7.15. The van der Waals surface area contributed by atoms with Crippen LogP contribution in [0.5, 0.6) is 0 Å². The Morgan fingerprint density at radius 2 is 1.93 bits per heavy atom. The van der Waals surface area contributed by atoms with E-state index >= 15 is 0 Å². The Labute approximate surface area is 171 Å². The highest BCUT2D eigenvalue weighted by Crippen LogP contribution is 2.16. The van der Waals surface area contributed by atoms with Crippen LogP contribution >= 0.6 is 0 Å². The molecule has 0 saturated carbocycles. The van der Waals surface area contributed by atoms with Crippen LogP contribution in [0.1, 0.15) is 41.3 Å². The highest BCUT2D eigenvalue weighted by Gasteiger charge is 2.23. The molecule has 1 aromatic carbocycles. The number of hydrogen-bond acceptors (Lipinski definition) is 5. The molecular weight excluding hydrogens is 368 g/mol. The van der Waals surface area contributed by atoms with Crippen LogP contribution in [0.25, 0.3) is 0 Å². The smallest absolute Gasteiger partial charge is 0.409 e. The van der Waals surface area contributed by atoms with E-state index < -0.39 is 0 Å². The number of ether oxygens (including phenoxy) is 1. The van der Waals surface area contributed by atoms with E-state index in [1.165, 1.54) is 0 Å². The number of rotatable bonds is 6. The minimum atomic E-state index is -0.245. The fourth-order valence-corrected chi connectivity index (χ4v) is 3.33. The summed E-state index contributed by atoms with van der Waals surface area (Å²) in [5.74, 6) is 0.588. The minimum absolute atomic E-state index is 0.143. The molecular formula is C22H28N4O3. The van der Waals surface area contributed by atoms with Crippen LogP contribution in [0.4, 0.5) is 10.6 Å². The number of nitrogens with zero attached hydrogens (tertiary/aromatic N) is 2. The Hall–Kier alpha value is -3.09. The Bertz CT molecular complexity index is 830. The number of hydrogen-bond donors (Lipinski definition) is 2. The fraction of sp³-hybridized carbons (Fsp3) is 0.409. The number of carbonyl (C=O) groups excluding carboxylic acids is 2. The molecule has 2 amide bonds. The zero-order valence-electron chi connectivity index (χ0n) is 17.0. The number of aromatic nitrogens is 1. The number of nitrogens with one attached hydrogen (secondary N) is 2. The van der Waals surface area contributed by atoms with Gasteiger partial charge in [0.2, 0.25) is 0 Å². The van der Waals surface area contributed by atoms with Gasteiger partial charge in [-0.15, -0.1) is 0 Å². The van der Waals surface area contributed by atoms with Gasteiger partial charge in [-0.3, -0.25) is 4.79 Å². The molecule has 3 rings (SSSR count). The number of anilines is 1. The molecule has 2 heterocycles. The first-order valence-corrected chi connectivity index (χ1v) is 10.0. The lowest BCUT2D eigenvalue weighted by Crippen LogP contribution is -2.42. The zero-order valence-corrected chi connectivity index (χ0v) is 17.0. The summed E-state index contributed by atoms with van der Waals surface area (Å²) in [6, 6.07) is 11.8. The third-order valence-corrected chi connectivity index (χ3v) is 5.10. The van der Waals surface area contributed by atoms with Gasteiger partial charge in [0, 0.05) is 31.9 Å². The molecule has 0 atom stereocenters. The molecule has 154 valence electrons. The van der Waals surface area contributed by atoms with Crippen molar-refractivity contribution in [1.29, 1.82) is 0 Å². The van der Waals surface area contributed by atoms with Gasteiger partial charge >= 0.3 is 6.09 Å². The van der Waals surface area contributed by atoms with Gasteiger partial charge in [0.1, 0.15) is 5.82 Å². The molecule has 1 aliphatic heterocycles. The molecule has 7 nitrogen and oxygen atoms in total. The van der Waals surface area contributed by atoms with Crippen molar-refractivity contribution in [3.05, 3.63) is 59.3 Å². The quantitative estimate of drug-likeness (QED) is 0.782. The summed E-state index contributed by atoms with van der Waals surface area (Å²) in [5.41, 5.74) is 2.78. The van der Waals surface area contributed by atoms with Gasteiger partial charge in [-0.1, -0.05) is 24.3 Å². The summed E-state index contributed by atoms with van der Waals surface area (Å²) in [5, 5.41) is 6.32. The van der Waals surface area contributed by atoms with Gasteiger partial charge in [-0.05, 0) is 49.9 Å². The van der Waals surface area contributed by atoms with Gasteiger partial charge in [0.25, 0.3) is 5.91 Å². The summed E-state index contributed by atoms with van der Waals surface area (Å²) in [4.78, 5) is 30.2. The van der Waals surface area contributed by atoms with Crippen molar-refractivity contribution in [3.8, 4) is 0 Å². The van der Waals surface area contributed by atoms with E-state index in [1.807, 2.05) is 44.2 Å². The molecule has 29 heavy (non-hydrogen) atoms. The minimum Gasteiger partial charge on any atom is -0.450 e. The van der Waals surface area contributed by atoms with Gasteiger partial charge in [0.15, 0.2) is 0 Å². The normalized spacial score (nSPS) is 14.3. The molecule has 0 unspecified atom stereocenters. The number of pyridine rings is 1. The summed E-state index contributed by atoms with van der Waals surface area (Å²) < 4.78 is 5.04. The summed E-state index contributed by atoms with van der Waals surface area (Å²) in [6.45, 7) is 6.05. The van der Waals surface area contributed by atoms with Crippen LogP contribution in [0.3, 0.4) is 0 Å². The molecule has 0 bridgehead atoms. The molecule has 1 aliphatic rings. The maximum absolute atomic E-state index is 12.4. The first-order chi connectivity index (χ1) is 14.1. The van der Waals surface area contributed by atoms with Crippen molar-refractivity contribution in [2.24, 2.45) is 0 Å². The second kappa shape index (κ2) is 9.91. The van der Waals surface area contributed by atoms with Crippen molar-refractivity contribution in [3.63, 3.8) is 0 Å². The molecule has 1 aromatic heterocycles. The second-order valence-corrected chi connectivity index (χ2v) is 7.15. The highest BCUT2D eigenvalue weighted by molar-refractivity contribution is 5.94. The van der Waals surface area contributed by atoms with E-state index in [1.54, 1.807) is 17.2 Å². The first-order valence-electron chi connectivity index (χ1n) is 10.0. The van der Waals surface area contributed by atoms with Crippen LogP contribution in [-0.4, -0.2) is 47.6 Å². The number of likely N-dealkylation sites (tertiary alicyclic amines) is 1. The summed E-state index contributed by atoms with van der Waals surface area (Å²) in [6.07, 6.45) is 3.01. The number of amides is 2. The number of carbonyl (C=O) groups is 2. The Morgan fingerprint density at radius 1 is 1.17 bits per heavy atom. The number of piperidine rings is 1. The van der Waals surface area contributed by atoms with Crippen LogP contribution in [0.2, 0.25) is 0 Å². The third kappa shape index (κ3) is 5.70. The van der Waals surface area contributed by atoms with Gasteiger partial charge in [-0.2, -0.15) is 0 Å². The monoisotopic (exact) mass is 396 g/mol. The lowest BCUT2D eigenvalue weighted by molar-refractivity contribution is 0.0949. The standard InChI is InChI=1S/C22H28N4O3/c1-3-29-22(28)26-12-10-19(11-13-26)25-20-9-8-18(15-23-20)21(27)24-14-17-7-5-4-6-16(17)2/h4-9,15,19H,3,10-14H2,1-2H3,(H,23,25)(H,24,27). The molecule has 2 aromatic rings. The van der Waals surface area contributed by atoms with E-state index in [0.29, 0.717) is 31.8 Å². The molecule has 0 spiro atoms. The Morgan fingerprint density at radius 3 is 2.59 bits per heavy atom. The van der Waals surface area contributed by atoms with Gasteiger partial charge in [-0.25, -0.2) is 9.78 Å². The van der Waals surface area contributed by atoms with Crippen molar-refractivity contribution >= 4 is 17.8 Å². The molecule has 7 heteroatoms. The van der Waals surface area contributed by atoms with Crippen molar-refractivity contribution in [1.82, 2.24) is 15.2 Å². The average molecular weight is 396 g/mol. The lowest BCUT2D eigenvalue weighted by atomic mass is 10.1. The molecule has 0 radical (unpaired) electrons. The number of aryl methyl sites for hydroxylation is 1. The summed E-state index contributed by atoms with van der Waals surface area (Å²) >= 11 is 0. The van der Waals surface area contributed by atoms with E-state index in [0.717, 1.165) is 29.8 Å². The van der Waals surface area contributed by atoms with Crippen LogP contribution in [-0.2, 0) is 11.3 Å². The highest BCUT2D eigenvalue weighted by atomic mass is 16.6. The van der Waals surface area contributed by atoms with Crippen LogP contribution in [0, 0.1) is 6.92 Å². The Kier molecular flexibility index (Phi) is 7.05. The zero-order chi connectivity index (χ0) is 20.6. The van der Waals surface area contributed by atoms with Crippen molar-refractivity contribution < 1.29 is 14.3 Å². The van der Waals surface area contributed by atoms with Crippen LogP contribution in [0.15, 0.2) is 42.6 Å². The van der Waals surface area contributed by atoms with Gasteiger partial charge in [0.05, 0.1) is 12.2 Å². The predicted molar refractivity (Wildman–Crippen MR) is 112 cm³/mol. The van der Waals surface area contributed by atoms with Crippen LogP contribution < -0.4 is 10.6 Å². The fourth-order valence-electron chi connectivity index (χ4n) is 3.33.